The second kappa shape index (κ2) is 5.80. The minimum Gasteiger partial charge on any atom is -0.399 e. The van der Waals surface area contributed by atoms with E-state index in [1.54, 1.807) is 12.1 Å². The van der Waals surface area contributed by atoms with Gasteiger partial charge in [0.05, 0.1) is 11.2 Å². The normalized spacial score (nSPS) is 29.2. The molecule has 2 fully saturated rings. The second-order valence-electron chi connectivity index (χ2n) is 7.38. The van der Waals surface area contributed by atoms with Crippen molar-refractivity contribution >= 4 is 18.3 Å². The van der Waals surface area contributed by atoms with E-state index >= 15 is 0 Å². The van der Waals surface area contributed by atoms with Gasteiger partial charge in [-0.1, -0.05) is 6.07 Å². The summed E-state index contributed by atoms with van der Waals surface area (Å²) in [5, 5.41) is 0. The fraction of sp³-hybridized carbons (Fsp3) is 0.667. The number of hydrogen-bond acceptors (Lipinski definition) is 4. The van der Waals surface area contributed by atoms with E-state index in [0.29, 0.717) is 31.6 Å². The van der Waals surface area contributed by atoms with Crippen molar-refractivity contribution in [3.8, 4) is 0 Å². The van der Waals surface area contributed by atoms with E-state index in [4.69, 9.17) is 17.5 Å². The zero-order valence-corrected chi connectivity index (χ0v) is 14.3. The Bertz CT molecular complexity index is 742. The number of nitrogens with zero attached hydrogens (tertiary/aromatic N) is 2. The number of anilines is 1. The van der Waals surface area contributed by atoms with Crippen LogP contribution >= 0.6 is 0 Å². The van der Waals surface area contributed by atoms with E-state index in [1.165, 1.54) is 4.90 Å². The Hall–Kier alpha value is -1.04. The third-order valence-electron chi connectivity index (χ3n) is 5.11. The highest BCUT2D eigenvalue weighted by atomic mass is 16.7. The maximum absolute atomic E-state index is 7.87. The largest absolute Gasteiger partial charge is 0.494 e. The molecule has 0 saturated carbocycles. The number of aryl methyl sites for hydroxylation is 1. The summed E-state index contributed by atoms with van der Waals surface area (Å²) in [6.45, 7) is 5.23. The molecule has 5 heteroatoms. The predicted molar refractivity (Wildman–Crippen MR) is 96.6 cm³/mol. The molecule has 0 N–H and O–H groups in total. The lowest BCUT2D eigenvalue weighted by molar-refractivity contribution is 0.00578. The molecule has 0 bridgehead atoms. The van der Waals surface area contributed by atoms with Crippen LogP contribution in [-0.2, 0) is 9.31 Å². The number of benzene rings is 1. The third-order valence-corrected chi connectivity index (χ3v) is 5.11. The molecule has 1 aromatic carbocycles. The molecule has 0 atom stereocenters. The SMILES string of the molecule is [2H]C([2H])([2H])c1cc(B2OC(C)(C)C(C)(C)O2)cc(N2CCN(C([2H])([2H])[2H])CC2)c1. The standard InChI is InChI=1S/C18H29BN2O2/c1-14-11-15(19-22-17(2,3)18(4,5)23-19)13-16(12-14)21-9-7-20(6)8-10-21/h11-13H,7-10H2,1-6H3/i1D3,6D3. The maximum atomic E-state index is 7.87. The summed E-state index contributed by atoms with van der Waals surface area (Å²) in [7, 11) is -0.662. The zero-order valence-electron chi connectivity index (χ0n) is 20.3. The number of piperazine rings is 1. The monoisotopic (exact) mass is 322 g/mol. The molecule has 0 amide bonds. The first-order chi connectivity index (χ1) is 13.1. The van der Waals surface area contributed by atoms with Crippen molar-refractivity contribution in [3.63, 3.8) is 0 Å². The minimum atomic E-state index is -2.27. The highest BCUT2D eigenvalue weighted by Gasteiger charge is 2.51. The van der Waals surface area contributed by atoms with Gasteiger partial charge in [-0.3, -0.25) is 0 Å². The van der Waals surface area contributed by atoms with Gasteiger partial charge in [0.15, 0.2) is 0 Å². The number of likely N-dealkylation sites (N-methyl/N-ethyl adjacent to an activating group) is 1. The lowest BCUT2D eigenvalue weighted by atomic mass is 9.78. The molecule has 0 aromatic heterocycles. The summed E-state index contributed by atoms with van der Waals surface area (Å²) >= 11 is 0. The van der Waals surface area contributed by atoms with Crippen LogP contribution in [-0.4, -0.2) is 56.4 Å². The molecule has 0 spiro atoms. The fourth-order valence-electron chi connectivity index (χ4n) is 2.90. The van der Waals surface area contributed by atoms with Gasteiger partial charge in [-0.25, -0.2) is 0 Å². The van der Waals surface area contributed by atoms with Crippen molar-refractivity contribution in [1.82, 2.24) is 4.90 Å². The predicted octanol–water partition coefficient (Wildman–Crippen LogP) is 2.05. The Morgan fingerprint density at radius 1 is 1.00 bits per heavy atom. The topological polar surface area (TPSA) is 24.9 Å². The van der Waals surface area contributed by atoms with E-state index in [-0.39, 0.29) is 5.56 Å². The molecular weight excluding hydrogens is 287 g/mol. The molecule has 0 unspecified atom stereocenters. The Morgan fingerprint density at radius 2 is 1.65 bits per heavy atom. The second-order valence-corrected chi connectivity index (χ2v) is 7.38. The van der Waals surface area contributed by atoms with Crippen LogP contribution in [0.3, 0.4) is 0 Å². The first kappa shape index (κ1) is 10.8. The summed E-state index contributed by atoms with van der Waals surface area (Å²) in [5.74, 6) is 0. The van der Waals surface area contributed by atoms with Crippen LogP contribution < -0.4 is 10.4 Å². The van der Waals surface area contributed by atoms with Gasteiger partial charge in [-0.05, 0) is 64.7 Å². The molecule has 0 radical (unpaired) electrons. The highest BCUT2D eigenvalue weighted by molar-refractivity contribution is 6.62. The lowest BCUT2D eigenvalue weighted by Crippen LogP contribution is -2.45. The Morgan fingerprint density at radius 3 is 2.22 bits per heavy atom. The van der Waals surface area contributed by atoms with E-state index in [1.807, 2.05) is 38.7 Å². The van der Waals surface area contributed by atoms with Gasteiger partial charge in [0.1, 0.15) is 0 Å². The Balaban J connectivity index is 1.90. The molecule has 2 aliphatic rings. The first-order valence-corrected chi connectivity index (χ1v) is 8.11. The van der Waals surface area contributed by atoms with E-state index in [9.17, 15) is 0 Å². The summed E-state index contributed by atoms with van der Waals surface area (Å²) in [5.41, 5.74) is 0.565. The highest BCUT2D eigenvalue weighted by Crippen LogP contribution is 2.36. The van der Waals surface area contributed by atoms with Crippen molar-refractivity contribution < 1.29 is 17.5 Å². The molecule has 3 rings (SSSR count). The van der Waals surface area contributed by atoms with Crippen molar-refractivity contribution in [2.75, 3.05) is 38.1 Å². The molecule has 2 saturated heterocycles. The van der Waals surface area contributed by atoms with Crippen molar-refractivity contribution in [2.45, 2.75) is 45.7 Å². The van der Waals surface area contributed by atoms with Gasteiger partial charge >= 0.3 is 7.12 Å². The van der Waals surface area contributed by atoms with E-state index in [0.717, 1.165) is 5.69 Å². The first-order valence-electron chi connectivity index (χ1n) is 11.1. The van der Waals surface area contributed by atoms with Gasteiger partial charge in [0, 0.05) is 40.1 Å². The van der Waals surface area contributed by atoms with Crippen molar-refractivity contribution in [1.29, 1.82) is 0 Å². The van der Waals surface area contributed by atoms with Crippen LogP contribution in [0.1, 0.15) is 41.5 Å². The van der Waals surface area contributed by atoms with Gasteiger partial charge in [-0.15, -0.1) is 0 Å². The average Bonchev–Trinajstić information content (AvgIpc) is 2.81. The number of rotatable bonds is 2. The van der Waals surface area contributed by atoms with Gasteiger partial charge < -0.3 is 19.1 Å². The van der Waals surface area contributed by atoms with Crippen LogP contribution in [0.4, 0.5) is 5.69 Å². The summed E-state index contributed by atoms with van der Waals surface area (Å²) in [6, 6.07) is 5.17. The minimum absolute atomic E-state index is 0.220. The summed E-state index contributed by atoms with van der Waals surface area (Å²) < 4.78 is 58.5. The molecule has 2 heterocycles. The number of hydrogen-bond donors (Lipinski definition) is 0. The Labute approximate surface area is 149 Å². The van der Waals surface area contributed by atoms with E-state index in [2.05, 4.69) is 0 Å². The van der Waals surface area contributed by atoms with Crippen molar-refractivity contribution in [3.05, 3.63) is 23.8 Å². The van der Waals surface area contributed by atoms with Gasteiger partial charge in [0.25, 0.3) is 0 Å². The van der Waals surface area contributed by atoms with E-state index < -0.39 is 32.1 Å². The van der Waals surface area contributed by atoms with Crippen LogP contribution in [0.15, 0.2) is 18.2 Å². The molecule has 2 aliphatic heterocycles. The third kappa shape index (κ3) is 3.28. The fourth-order valence-corrected chi connectivity index (χ4v) is 2.90. The van der Waals surface area contributed by atoms with Crippen LogP contribution in [0.25, 0.3) is 0 Å². The zero-order chi connectivity index (χ0) is 21.8. The summed E-state index contributed by atoms with van der Waals surface area (Å²) in [6.07, 6.45) is 0. The smallest absolute Gasteiger partial charge is 0.399 e. The molecule has 1 aromatic rings. The average molecular weight is 322 g/mol. The maximum Gasteiger partial charge on any atom is 0.494 e. The van der Waals surface area contributed by atoms with Crippen LogP contribution in [0.5, 0.6) is 0 Å². The lowest BCUT2D eigenvalue weighted by Gasteiger charge is -2.34. The van der Waals surface area contributed by atoms with Crippen LogP contribution in [0.2, 0.25) is 0 Å². The van der Waals surface area contributed by atoms with Crippen molar-refractivity contribution in [2.24, 2.45) is 0 Å². The summed E-state index contributed by atoms with van der Waals surface area (Å²) in [4.78, 5) is 3.48. The molecule has 4 nitrogen and oxygen atoms in total. The van der Waals surface area contributed by atoms with Crippen LogP contribution in [0, 0.1) is 6.85 Å². The van der Waals surface area contributed by atoms with Gasteiger partial charge in [-0.2, -0.15) is 0 Å². The molecule has 23 heavy (non-hydrogen) atoms. The molecule has 126 valence electrons. The quantitative estimate of drug-likeness (QED) is 0.778. The van der Waals surface area contributed by atoms with Gasteiger partial charge in [0.2, 0.25) is 0 Å². The Kier molecular flexibility index (Phi) is 2.71. The molecular formula is C18H29BN2O2. The molecule has 0 aliphatic carbocycles.